The molecule has 176 valence electrons. The van der Waals surface area contributed by atoms with Crippen molar-refractivity contribution in [2.24, 2.45) is 0 Å². The van der Waals surface area contributed by atoms with Crippen molar-refractivity contribution in [3.8, 4) is 28.6 Å². The van der Waals surface area contributed by atoms with Crippen molar-refractivity contribution in [2.45, 2.75) is 13.2 Å². The second kappa shape index (κ2) is 10.8. The fourth-order valence-electron chi connectivity index (χ4n) is 3.36. The summed E-state index contributed by atoms with van der Waals surface area (Å²) in [6.45, 7) is 0.756. The van der Waals surface area contributed by atoms with Gasteiger partial charge in [0.15, 0.2) is 17.3 Å². The standard InChI is InChI=1S/C24H22Cl2N4O3S/c1-31-20-6-4-3-5-18(20)23-28-29-24(34)30(23)27-13-15-7-10-21(22(11-15)32-2)33-14-16-8-9-17(25)12-19(16)26/h3-12,27H,13-14H2,1-2H3,(H,29,34). The number of hydrogen-bond donors (Lipinski definition) is 2. The summed E-state index contributed by atoms with van der Waals surface area (Å²) in [5, 5.41) is 8.32. The van der Waals surface area contributed by atoms with Crippen LogP contribution in [0.4, 0.5) is 0 Å². The third kappa shape index (κ3) is 5.30. The summed E-state index contributed by atoms with van der Waals surface area (Å²) in [6.07, 6.45) is 0. The first kappa shape index (κ1) is 23.9. The van der Waals surface area contributed by atoms with E-state index in [4.69, 9.17) is 49.6 Å². The summed E-state index contributed by atoms with van der Waals surface area (Å²) in [4.78, 5) is 0. The number of nitrogens with zero attached hydrogens (tertiary/aromatic N) is 2. The van der Waals surface area contributed by atoms with Gasteiger partial charge < -0.3 is 19.6 Å². The van der Waals surface area contributed by atoms with Gasteiger partial charge in [-0.1, -0.05) is 47.5 Å². The van der Waals surface area contributed by atoms with Crippen molar-refractivity contribution in [2.75, 3.05) is 19.6 Å². The number of para-hydroxylation sites is 1. The number of ether oxygens (including phenoxy) is 3. The number of rotatable bonds is 9. The molecule has 0 aliphatic carbocycles. The molecule has 0 radical (unpaired) electrons. The highest BCUT2D eigenvalue weighted by atomic mass is 35.5. The lowest BCUT2D eigenvalue weighted by Gasteiger charge is -2.15. The second-order valence-corrected chi connectivity index (χ2v) is 8.46. The summed E-state index contributed by atoms with van der Waals surface area (Å²) in [5.74, 6) is 2.52. The fraction of sp³-hybridized carbons (Fsp3) is 0.167. The molecule has 0 unspecified atom stereocenters. The van der Waals surface area contributed by atoms with Gasteiger partial charge in [0.1, 0.15) is 12.4 Å². The minimum Gasteiger partial charge on any atom is -0.496 e. The zero-order valence-electron chi connectivity index (χ0n) is 18.5. The van der Waals surface area contributed by atoms with Gasteiger partial charge in [-0.15, -0.1) is 0 Å². The summed E-state index contributed by atoms with van der Waals surface area (Å²) < 4.78 is 19.1. The maximum Gasteiger partial charge on any atom is 0.214 e. The Labute approximate surface area is 212 Å². The van der Waals surface area contributed by atoms with Gasteiger partial charge in [0, 0.05) is 15.6 Å². The Morgan fingerprint density at radius 2 is 1.76 bits per heavy atom. The molecule has 34 heavy (non-hydrogen) atoms. The molecule has 4 aromatic rings. The molecule has 1 aromatic heterocycles. The van der Waals surface area contributed by atoms with Gasteiger partial charge in [-0.2, -0.15) is 5.10 Å². The number of aromatic nitrogens is 3. The molecule has 1 heterocycles. The number of hydrogen-bond acceptors (Lipinski definition) is 6. The normalized spacial score (nSPS) is 10.7. The zero-order valence-corrected chi connectivity index (χ0v) is 20.8. The van der Waals surface area contributed by atoms with E-state index >= 15 is 0 Å². The topological polar surface area (TPSA) is 73.3 Å². The van der Waals surface area contributed by atoms with E-state index in [1.54, 1.807) is 31.0 Å². The molecule has 4 rings (SSSR count). The molecule has 7 nitrogen and oxygen atoms in total. The average Bonchev–Trinajstić information content (AvgIpc) is 3.22. The number of H-pyrrole nitrogens is 1. The van der Waals surface area contributed by atoms with E-state index < -0.39 is 0 Å². The number of nitrogens with one attached hydrogen (secondary N) is 2. The molecule has 0 fully saturated rings. The third-order valence-corrected chi connectivity index (χ3v) is 5.95. The first-order chi connectivity index (χ1) is 16.5. The number of benzene rings is 3. The lowest BCUT2D eigenvalue weighted by Crippen LogP contribution is -2.16. The minimum absolute atomic E-state index is 0.288. The molecule has 0 amide bonds. The minimum atomic E-state index is 0.288. The van der Waals surface area contributed by atoms with Gasteiger partial charge >= 0.3 is 0 Å². The predicted octanol–water partition coefficient (Wildman–Crippen LogP) is 6.25. The van der Waals surface area contributed by atoms with Crippen molar-refractivity contribution >= 4 is 35.4 Å². The van der Waals surface area contributed by atoms with E-state index in [1.165, 1.54) is 0 Å². The monoisotopic (exact) mass is 516 g/mol. The van der Waals surface area contributed by atoms with Crippen molar-refractivity contribution in [1.82, 2.24) is 14.9 Å². The molecule has 0 aliphatic rings. The molecule has 0 spiro atoms. The fourth-order valence-corrected chi connectivity index (χ4v) is 4.02. The van der Waals surface area contributed by atoms with E-state index in [-0.39, 0.29) is 6.61 Å². The maximum absolute atomic E-state index is 6.24. The molecule has 0 saturated carbocycles. The summed E-state index contributed by atoms with van der Waals surface area (Å²) in [7, 11) is 3.22. The summed E-state index contributed by atoms with van der Waals surface area (Å²) in [5.41, 5.74) is 5.91. The first-order valence-corrected chi connectivity index (χ1v) is 11.4. The van der Waals surface area contributed by atoms with Gasteiger partial charge in [0.05, 0.1) is 26.3 Å². The Bertz CT molecular complexity index is 1360. The van der Waals surface area contributed by atoms with Crippen LogP contribution in [-0.2, 0) is 13.2 Å². The van der Waals surface area contributed by atoms with Crippen LogP contribution in [0.1, 0.15) is 11.1 Å². The van der Waals surface area contributed by atoms with E-state index in [2.05, 4.69) is 15.6 Å². The van der Waals surface area contributed by atoms with Gasteiger partial charge in [0.25, 0.3) is 0 Å². The van der Waals surface area contributed by atoms with Crippen LogP contribution in [0.15, 0.2) is 60.7 Å². The predicted molar refractivity (Wildman–Crippen MR) is 136 cm³/mol. The van der Waals surface area contributed by atoms with E-state index in [0.29, 0.717) is 44.4 Å². The van der Waals surface area contributed by atoms with Crippen LogP contribution in [0.3, 0.4) is 0 Å². The Morgan fingerprint density at radius 1 is 0.971 bits per heavy atom. The number of methoxy groups -OCH3 is 2. The second-order valence-electron chi connectivity index (χ2n) is 7.23. The highest BCUT2D eigenvalue weighted by Gasteiger charge is 2.14. The third-order valence-electron chi connectivity index (χ3n) is 5.09. The van der Waals surface area contributed by atoms with E-state index in [0.717, 1.165) is 16.7 Å². The largest absolute Gasteiger partial charge is 0.496 e. The van der Waals surface area contributed by atoms with Gasteiger partial charge in [0.2, 0.25) is 4.77 Å². The molecule has 2 N–H and O–H groups in total. The van der Waals surface area contributed by atoms with Crippen LogP contribution in [-0.4, -0.2) is 29.1 Å². The molecular weight excluding hydrogens is 495 g/mol. The Hall–Kier alpha value is -3.20. The lowest BCUT2D eigenvalue weighted by atomic mass is 10.2. The molecule has 0 bridgehead atoms. The van der Waals surface area contributed by atoms with Gasteiger partial charge in [-0.3, -0.25) is 0 Å². The van der Waals surface area contributed by atoms with E-state index in [1.807, 2.05) is 48.5 Å². The van der Waals surface area contributed by atoms with Crippen LogP contribution in [0, 0.1) is 4.77 Å². The highest BCUT2D eigenvalue weighted by Crippen LogP contribution is 2.31. The van der Waals surface area contributed by atoms with E-state index in [9.17, 15) is 0 Å². The van der Waals surface area contributed by atoms with Crippen LogP contribution >= 0.6 is 35.4 Å². The average molecular weight is 517 g/mol. The Morgan fingerprint density at radius 3 is 2.53 bits per heavy atom. The van der Waals surface area contributed by atoms with Gasteiger partial charge in [-0.05, 0) is 54.2 Å². The zero-order chi connectivity index (χ0) is 24.1. The van der Waals surface area contributed by atoms with Crippen molar-refractivity contribution in [3.05, 3.63) is 86.6 Å². The SMILES string of the molecule is COc1cc(CNn2c(-c3ccccc3OC)n[nH]c2=S)ccc1OCc1ccc(Cl)cc1Cl. The van der Waals surface area contributed by atoms with Crippen molar-refractivity contribution < 1.29 is 14.2 Å². The smallest absolute Gasteiger partial charge is 0.214 e. The lowest BCUT2D eigenvalue weighted by molar-refractivity contribution is 0.284. The van der Waals surface area contributed by atoms with Crippen molar-refractivity contribution in [1.29, 1.82) is 0 Å². The number of aromatic amines is 1. The van der Waals surface area contributed by atoms with Crippen LogP contribution in [0.2, 0.25) is 10.0 Å². The molecule has 10 heteroatoms. The molecule has 0 aliphatic heterocycles. The highest BCUT2D eigenvalue weighted by molar-refractivity contribution is 7.71. The molecular formula is C24H22Cl2N4O3S. The van der Waals surface area contributed by atoms with Crippen LogP contribution < -0.4 is 19.6 Å². The van der Waals surface area contributed by atoms with Crippen LogP contribution in [0.25, 0.3) is 11.4 Å². The molecule has 0 saturated heterocycles. The Kier molecular flexibility index (Phi) is 7.62. The van der Waals surface area contributed by atoms with Gasteiger partial charge in [-0.25, -0.2) is 9.77 Å². The maximum atomic E-state index is 6.24. The van der Waals surface area contributed by atoms with Crippen molar-refractivity contribution in [3.63, 3.8) is 0 Å². The number of halogens is 2. The first-order valence-electron chi connectivity index (χ1n) is 10.3. The van der Waals surface area contributed by atoms with Crippen LogP contribution in [0.5, 0.6) is 17.2 Å². The molecule has 0 atom stereocenters. The Balaban J connectivity index is 1.49. The molecule has 3 aromatic carbocycles. The summed E-state index contributed by atoms with van der Waals surface area (Å²) >= 11 is 17.6. The quantitative estimate of drug-likeness (QED) is 0.256. The summed E-state index contributed by atoms with van der Waals surface area (Å²) in [6, 6.07) is 18.6.